The summed E-state index contributed by atoms with van der Waals surface area (Å²) < 4.78 is 2.76. The van der Waals surface area contributed by atoms with Crippen LogP contribution in [0.3, 0.4) is 0 Å². The van der Waals surface area contributed by atoms with E-state index in [1.807, 2.05) is 18.5 Å². The number of aliphatic hydroxyl groups excluding tert-OH is 1. The van der Waals surface area contributed by atoms with Crippen molar-refractivity contribution in [3.8, 4) is 0 Å². The molecule has 1 heterocycles. The monoisotopic (exact) mass is 290 g/mol. The molecule has 1 atom stereocenters. The highest BCUT2D eigenvalue weighted by Crippen LogP contribution is 2.24. The van der Waals surface area contributed by atoms with Gasteiger partial charge in [0.25, 0.3) is 0 Å². The van der Waals surface area contributed by atoms with Crippen molar-refractivity contribution in [2.45, 2.75) is 52.4 Å². The number of rotatable bonds is 4. The number of hydrogen-bond donors (Lipinski definition) is 2. The molecule has 0 aliphatic heterocycles. The molecule has 16 heavy (non-hydrogen) atoms. The zero-order valence-electron chi connectivity index (χ0n) is 10.2. The molecule has 1 unspecified atom stereocenters. The summed E-state index contributed by atoms with van der Waals surface area (Å²) in [4.78, 5) is 0. The summed E-state index contributed by atoms with van der Waals surface area (Å²) in [5.74, 6) is 0. The number of aliphatic hydroxyl groups is 2. The molecule has 0 aliphatic carbocycles. The van der Waals surface area contributed by atoms with Crippen LogP contribution in [0.15, 0.2) is 4.47 Å². The summed E-state index contributed by atoms with van der Waals surface area (Å²) in [6, 6.07) is 0. The van der Waals surface area contributed by atoms with E-state index in [4.69, 9.17) is 0 Å². The summed E-state index contributed by atoms with van der Waals surface area (Å²) in [7, 11) is 0. The third-order valence-corrected chi connectivity index (χ3v) is 3.69. The Balaban J connectivity index is 2.96. The lowest BCUT2D eigenvalue weighted by Gasteiger charge is -2.24. The Kier molecular flexibility index (Phi) is 4.15. The van der Waals surface area contributed by atoms with Crippen molar-refractivity contribution in [2.75, 3.05) is 0 Å². The van der Waals surface area contributed by atoms with Crippen LogP contribution in [0.2, 0.25) is 0 Å². The van der Waals surface area contributed by atoms with Crippen LogP contribution < -0.4 is 0 Å². The highest BCUT2D eigenvalue weighted by Gasteiger charge is 2.27. The lowest BCUT2D eigenvalue weighted by atomic mass is 9.97. The first-order chi connectivity index (χ1) is 7.27. The number of hydrogen-bond acceptors (Lipinski definition) is 3. The minimum absolute atomic E-state index is 0.388. The fraction of sp³-hybridized carbons (Fsp3) is 0.727. The fourth-order valence-electron chi connectivity index (χ4n) is 1.50. The van der Waals surface area contributed by atoms with Crippen LogP contribution >= 0.6 is 15.9 Å². The van der Waals surface area contributed by atoms with Crippen molar-refractivity contribution in [1.29, 1.82) is 0 Å². The summed E-state index contributed by atoms with van der Waals surface area (Å²) in [5.41, 5.74) is 0.727. The molecular formula is C11H19BrN2O2. The third kappa shape index (κ3) is 2.84. The highest BCUT2D eigenvalue weighted by atomic mass is 79.9. The zero-order valence-corrected chi connectivity index (χ0v) is 11.7. The van der Waals surface area contributed by atoms with Gasteiger partial charge in [-0.2, -0.15) is 5.10 Å². The Labute approximate surface area is 104 Å². The molecule has 0 saturated heterocycles. The normalized spacial score (nSPS) is 14.2. The zero-order chi connectivity index (χ0) is 12.5. The van der Waals surface area contributed by atoms with E-state index in [0.717, 1.165) is 22.4 Å². The Bertz CT molecular complexity index is 369. The van der Waals surface area contributed by atoms with E-state index in [1.165, 1.54) is 0 Å². The molecule has 1 rings (SSSR count). The molecule has 1 aromatic rings. The van der Waals surface area contributed by atoms with Gasteiger partial charge in [0, 0.05) is 13.0 Å². The van der Waals surface area contributed by atoms with Gasteiger partial charge in [-0.25, -0.2) is 0 Å². The summed E-state index contributed by atoms with van der Waals surface area (Å²) >= 11 is 3.46. The van der Waals surface area contributed by atoms with Gasteiger partial charge in [0.15, 0.2) is 0 Å². The van der Waals surface area contributed by atoms with E-state index < -0.39 is 11.7 Å². The molecule has 0 spiro atoms. The Morgan fingerprint density at radius 1 is 1.50 bits per heavy atom. The molecule has 0 fully saturated rings. The molecule has 0 radical (unpaired) electrons. The molecule has 2 N–H and O–H groups in total. The van der Waals surface area contributed by atoms with Crippen molar-refractivity contribution >= 4 is 15.9 Å². The van der Waals surface area contributed by atoms with Crippen molar-refractivity contribution in [1.82, 2.24) is 9.78 Å². The fourth-order valence-corrected chi connectivity index (χ4v) is 1.94. The molecule has 0 amide bonds. The maximum atomic E-state index is 9.88. The van der Waals surface area contributed by atoms with Crippen LogP contribution in [0.25, 0.3) is 0 Å². The molecule has 5 heteroatoms. The summed E-state index contributed by atoms with van der Waals surface area (Å²) in [5, 5.41) is 23.9. The Morgan fingerprint density at radius 2 is 2.06 bits per heavy atom. The van der Waals surface area contributed by atoms with Gasteiger partial charge in [0.1, 0.15) is 0 Å². The molecule has 0 aliphatic rings. The van der Waals surface area contributed by atoms with Crippen molar-refractivity contribution in [2.24, 2.45) is 0 Å². The maximum absolute atomic E-state index is 9.88. The highest BCUT2D eigenvalue weighted by molar-refractivity contribution is 9.10. The van der Waals surface area contributed by atoms with E-state index >= 15 is 0 Å². The van der Waals surface area contributed by atoms with E-state index in [1.54, 1.807) is 13.8 Å². The quantitative estimate of drug-likeness (QED) is 0.887. The van der Waals surface area contributed by atoms with Crippen LogP contribution in [0.4, 0.5) is 0 Å². The maximum Gasteiger partial charge on any atom is 0.0877 e. The van der Waals surface area contributed by atoms with Gasteiger partial charge in [0.05, 0.1) is 27.6 Å². The van der Waals surface area contributed by atoms with Crippen molar-refractivity contribution < 1.29 is 10.2 Å². The van der Waals surface area contributed by atoms with Gasteiger partial charge >= 0.3 is 0 Å². The molecule has 1 aromatic heterocycles. The largest absolute Gasteiger partial charge is 0.390 e. The third-order valence-electron chi connectivity index (χ3n) is 2.65. The molecular weight excluding hydrogens is 272 g/mol. The number of nitrogens with zero attached hydrogens (tertiary/aromatic N) is 2. The van der Waals surface area contributed by atoms with E-state index in [2.05, 4.69) is 21.0 Å². The molecule has 0 aromatic carbocycles. The molecule has 92 valence electrons. The summed E-state index contributed by atoms with van der Waals surface area (Å²) in [6.07, 6.45) is -0.413. The van der Waals surface area contributed by atoms with Gasteiger partial charge in [0.2, 0.25) is 0 Å². The van der Waals surface area contributed by atoms with Gasteiger partial charge in [-0.1, -0.05) is 0 Å². The smallest absolute Gasteiger partial charge is 0.0877 e. The van der Waals surface area contributed by atoms with Crippen molar-refractivity contribution in [3.05, 3.63) is 15.9 Å². The van der Waals surface area contributed by atoms with Gasteiger partial charge in [-0.05, 0) is 43.6 Å². The molecule has 0 saturated carbocycles. The lowest BCUT2D eigenvalue weighted by Crippen LogP contribution is -2.38. The predicted molar refractivity (Wildman–Crippen MR) is 66.3 cm³/mol. The van der Waals surface area contributed by atoms with Crippen molar-refractivity contribution in [3.63, 3.8) is 0 Å². The second-order valence-electron chi connectivity index (χ2n) is 4.54. The van der Waals surface area contributed by atoms with Crippen LogP contribution in [-0.2, 0) is 13.0 Å². The number of aromatic nitrogens is 2. The predicted octanol–water partition coefficient (Wildman–Crippen LogP) is 1.65. The first-order valence-electron chi connectivity index (χ1n) is 5.39. The van der Waals surface area contributed by atoms with Crippen LogP contribution in [0, 0.1) is 6.92 Å². The molecule has 0 bridgehead atoms. The first-order valence-corrected chi connectivity index (χ1v) is 6.18. The molecule has 4 nitrogen and oxygen atoms in total. The SMILES string of the molecule is CCn1nc(C)c(Br)c1CC(O)C(C)(C)O. The average molecular weight is 291 g/mol. The topological polar surface area (TPSA) is 58.3 Å². The average Bonchev–Trinajstić information content (AvgIpc) is 2.44. The first kappa shape index (κ1) is 13.7. The van der Waals surface area contributed by atoms with E-state index in [0.29, 0.717) is 6.42 Å². The standard InChI is InChI=1S/C11H19BrN2O2/c1-5-14-8(10(12)7(2)13-14)6-9(15)11(3,4)16/h9,15-16H,5-6H2,1-4H3. The Hall–Kier alpha value is -0.390. The van der Waals surface area contributed by atoms with E-state index in [9.17, 15) is 10.2 Å². The second kappa shape index (κ2) is 4.85. The van der Waals surface area contributed by atoms with Gasteiger partial charge < -0.3 is 10.2 Å². The minimum atomic E-state index is -1.10. The van der Waals surface area contributed by atoms with Gasteiger partial charge in [-0.15, -0.1) is 0 Å². The number of halogens is 1. The Morgan fingerprint density at radius 3 is 2.50 bits per heavy atom. The minimum Gasteiger partial charge on any atom is -0.390 e. The van der Waals surface area contributed by atoms with Crippen LogP contribution in [-0.4, -0.2) is 31.7 Å². The second-order valence-corrected chi connectivity index (χ2v) is 5.33. The summed E-state index contributed by atoms with van der Waals surface area (Å²) in [6.45, 7) is 7.87. The number of aryl methyl sites for hydroxylation is 2. The lowest BCUT2D eigenvalue weighted by molar-refractivity contribution is -0.0478. The van der Waals surface area contributed by atoms with Crippen LogP contribution in [0.1, 0.15) is 32.2 Å². The van der Waals surface area contributed by atoms with E-state index in [-0.39, 0.29) is 0 Å². The van der Waals surface area contributed by atoms with Gasteiger partial charge in [-0.3, -0.25) is 4.68 Å². The van der Waals surface area contributed by atoms with Crippen LogP contribution in [0.5, 0.6) is 0 Å².